The summed E-state index contributed by atoms with van der Waals surface area (Å²) in [6, 6.07) is 12.2. The van der Waals surface area contributed by atoms with Crippen molar-refractivity contribution in [3.8, 4) is 17.0 Å². The number of carbonyl (C=O) groups excluding carboxylic acids is 2. The average molecular weight is 594 g/mol. The van der Waals surface area contributed by atoms with Crippen molar-refractivity contribution in [3.63, 3.8) is 0 Å². The maximum absolute atomic E-state index is 16.6. The second-order valence-corrected chi connectivity index (χ2v) is 11.2. The van der Waals surface area contributed by atoms with Crippen LogP contribution in [-0.2, 0) is 0 Å². The van der Waals surface area contributed by atoms with Gasteiger partial charge in [0.05, 0.1) is 28.4 Å². The van der Waals surface area contributed by atoms with E-state index in [0.29, 0.717) is 66.9 Å². The van der Waals surface area contributed by atoms with Crippen molar-refractivity contribution in [1.29, 1.82) is 0 Å². The zero-order valence-electron chi connectivity index (χ0n) is 24.3. The van der Waals surface area contributed by atoms with Crippen molar-refractivity contribution in [2.75, 3.05) is 44.2 Å². The fraction of sp³-hybridized carbons (Fsp3) is 0.406. The molecule has 222 valence electrons. The van der Waals surface area contributed by atoms with Gasteiger partial charge >= 0.3 is 0 Å². The quantitative estimate of drug-likeness (QED) is 0.379. The minimum atomic E-state index is -0.621. The fourth-order valence-electron chi connectivity index (χ4n) is 5.78. The van der Waals surface area contributed by atoms with Crippen LogP contribution in [0.3, 0.4) is 0 Å². The molecule has 42 heavy (non-hydrogen) atoms. The lowest BCUT2D eigenvalue weighted by Crippen LogP contribution is -2.55. The third kappa shape index (κ3) is 6.08. The monoisotopic (exact) mass is 593 g/mol. The Bertz CT molecular complexity index is 1460. The van der Waals surface area contributed by atoms with E-state index in [2.05, 4.69) is 20.5 Å². The average Bonchev–Trinajstić information content (AvgIpc) is 3.50. The van der Waals surface area contributed by atoms with Crippen LogP contribution in [0.2, 0.25) is 5.02 Å². The molecule has 2 N–H and O–H groups in total. The molecule has 0 spiro atoms. The Morgan fingerprint density at radius 1 is 1.17 bits per heavy atom. The number of aryl methyl sites for hydroxylation is 1. The molecule has 0 saturated carbocycles. The van der Waals surface area contributed by atoms with Crippen molar-refractivity contribution >= 4 is 29.1 Å². The summed E-state index contributed by atoms with van der Waals surface area (Å²) in [5.41, 5.74) is 2.68. The lowest BCUT2D eigenvalue weighted by atomic mass is 9.97. The van der Waals surface area contributed by atoms with Crippen LogP contribution in [0.15, 0.2) is 48.7 Å². The molecule has 10 heteroatoms. The number of rotatable bonds is 8. The number of anilines is 1. The van der Waals surface area contributed by atoms with Gasteiger partial charge in [-0.2, -0.15) is 0 Å². The van der Waals surface area contributed by atoms with E-state index >= 15 is 4.39 Å². The molecule has 0 radical (unpaired) electrons. The summed E-state index contributed by atoms with van der Waals surface area (Å²) < 4.78 is 22.3. The Labute approximate surface area is 251 Å². The normalized spacial score (nSPS) is 18.7. The van der Waals surface area contributed by atoms with Crippen LogP contribution < -0.4 is 20.3 Å². The molecule has 2 atom stereocenters. The van der Waals surface area contributed by atoms with Gasteiger partial charge in [-0.15, -0.1) is 0 Å². The number of piperazine rings is 1. The van der Waals surface area contributed by atoms with E-state index in [9.17, 15) is 9.59 Å². The molecule has 5 rings (SSSR count). The van der Waals surface area contributed by atoms with Gasteiger partial charge in [-0.3, -0.25) is 9.59 Å². The van der Waals surface area contributed by atoms with E-state index in [0.717, 1.165) is 18.5 Å². The lowest BCUT2D eigenvalue weighted by Gasteiger charge is -2.43. The largest absolute Gasteiger partial charge is 0.478 e. The Hall–Kier alpha value is -3.69. The molecule has 2 amide bonds. The van der Waals surface area contributed by atoms with Crippen LogP contribution >= 0.6 is 11.6 Å². The number of hydrogen-bond acceptors (Lipinski definition) is 6. The van der Waals surface area contributed by atoms with Crippen LogP contribution in [0.1, 0.15) is 53.0 Å². The zero-order valence-corrected chi connectivity index (χ0v) is 25.0. The van der Waals surface area contributed by atoms with Gasteiger partial charge in [-0.05, 0) is 75.2 Å². The fourth-order valence-corrected chi connectivity index (χ4v) is 6.10. The lowest BCUT2D eigenvalue weighted by molar-refractivity contribution is 0.0720. The van der Waals surface area contributed by atoms with Gasteiger partial charge in [0, 0.05) is 55.6 Å². The summed E-state index contributed by atoms with van der Waals surface area (Å²) in [5, 5.41) is 6.70. The molecule has 0 unspecified atom stereocenters. The van der Waals surface area contributed by atoms with Crippen LogP contribution in [-0.4, -0.2) is 73.1 Å². The highest BCUT2D eigenvalue weighted by atomic mass is 35.5. The number of amides is 2. The van der Waals surface area contributed by atoms with Gasteiger partial charge in [-0.1, -0.05) is 24.6 Å². The van der Waals surface area contributed by atoms with E-state index in [1.165, 1.54) is 0 Å². The maximum atomic E-state index is 16.6. The second kappa shape index (κ2) is 13.1. The van der Waals surface area contributed by atoms with Crippen molar-refractivity contribution in [2.24, 2.45) is 0 Å². The summed E-state index contributed by atoms with van der Waals surface area (Å²) in [5.74, 6) is -0.901. The number of benzene rings is 2. The first-order valence-corrected chi connectivity index (χ1v) is 14.9. The third-order valence-corrected chi connectivity index (χ3v) is 8.30. The predicted octanol–water partition coefficient (Wildman–Crippen LogP) is 5.08. The molecule has 2 saturated heterocycles. The first-order valence-electron chi connectivity index (χ1n) is 14.6. The third-order valence-electron chi connectivity index (χ3n) is 7.99. The molecular formula is C32H37ClFN5O3. The van der Waals surface area contributed by atoms with E-state index in [1.807, 2.05) is 26.8 Å². The number of carbonyl (C=O) groups is 2. The molecule has 2 fully saturated rings. The highest BCUT2D eigenvalue weighted by Gasteiger charge is 2.34. The molecule has 2 aromatic carbocycles. The minimum absolute atomic E-state index is 0.00879. The summed E-state index contributed by atoms with van der Waals surface area (Å²) in [6.45, 7) is 8.89. The number of halogens is 2. The number of pyridine rings is 1. The molecular weight excluding hydrogens is 557 g/mol. The highest BCUT2D eigenvalue weighted by Crippen LogP contribution is 2.37. The number of aromatic nitrogens is 1. The van der Waals surface area contributed by atoms with Crippen LogP contribution in [0.25, 0.3) is 11.1 Å². The van der Waals surface area contributed by atoms with E-state index in [1.54, 1.807) is 47.5 Å². The maximum Gasteiger partial charge on any atom is 0.256 e. The van der Waals surface area contributed by atoms with Gasteiger partial charge in [0.25, 0.3) is 11.8 Å². The van der Waals surface area contributed by atoms with Crippen LogP contribution in [0.5, 0.6) is 5.88 Å². The Morgan fingerprint density at radius 2 is 2.00 bits per heavy atom. The standard InChI is InChI=1S/C32H37ClFN5O3/c1-4-22-19-38(32(41)25-9-8-20(3)17-26(25)33)15-16-39(22)27-11-10-23(24-7-6-13-36-31(24)42-5-2)29(34)28(27)30(40)37-21-12-14-35-18-21/h6-11,13,17,21-22,35H,4-5,12,14-16,18-19H2,1-3H3,(H,37,40)/t21-,22-/m1/s1. The number of nitrogens with one attached hydrogen (secondary N) is 2. The predicted molar refractivity (Wildman–Crippen MR) is 163 cm³/mol. The minimum Gasteiger partial charge on any atom is -0.478 e. The van der Waals surface area contributed by atoms with Gasteiger partial charge < -0.3 is 25.2 Å². The first-order chi connectivity index (χ1) is 20.3. The van der Waals surface area contributed by atoms with E-state index in [4.69, 9.17) is 16.3 Å². The molecule has 0 aliphatic carbocycles. The van der Waals surface area contributed by atoms with Crippen molar-refractivity contribution in [1.82, 2.24) is 20.5 Å². The SMILES string of the molecule is CCOc1ncccc1-c1ccc(N2CCN(C(=O)c3ccc(C)cc3Cl)C[C@H]2CC)c(C(=O)N[C@@H]2CCNC2)c1F. The van der Waals surface area contributed by atoms with E-state index in [-0.39, 0.29) is 29.1 Å². The van der Waals surface area contributed by atoms with Crippen LogP contribution in [0, 0.1) is 12.7 Å². The van der Waals surface area contributed by atoms with Gasteiger partial charge in [0.1, 0.15) is 5.82 Å². The summed E-state index contributed by atoms with van der Waals surface area (Å²) >= 11 is 6.42. The molecule has 3 aromatic rings. The smallest absolute Gasteiger partial charge is 0.256 e. The molecule has 1 aromatic heterocycles. The second-order valence-electron chi connectivity index (χ2n) is 10.8. The Morgan fingerprint density at radius 3 is 2.71 bits per heavy atom. The molecule has 2 aliphatic rings. The number of hydrogen-bond donors (Lipinski definition) is 2. The highest BCUT2D eigenvalue weighted by molar-refractivity contribution is 6.33. The van der Waals surface area contributed by atoms with Crippen LogP contribution in [0.4, 0.5) is 10.1 Å². The van der Waals surface area contributed by atoms with Gasteiger partial charge in [-0.25, -0.2) is 9.37 Å². The zero-order chi connectivity index (χ0) is 29.8. The molecule has 0 bridgehead atoms. The Balaban J connectivity index is 1.50. The Kier molecular flexibility index (Phi) is 9.28. The topological polar surface area (TPSA) is 86.8 Å². The van der Waals surface area contributed by atoms with Crippen molar-refractivity contribution < 1.29 is 18.7 Å². The summed E-state index contributed by atoms with van der Waals surface area (Å²) in [7, 11) is 0. The van der Waals surface area contributed by atoms with Gasteiger partial charge in [0.15, 0.2) is 0 Å². The van der Waals surface area contributed by atoms with E-state index < -0.39 is 11.7 Å². The number of nitrogens with zero attached hydrogens (tertiary/aromatic N) is 3. The van der Waals surface area contributed by atoms with Crippen molar-refractivity contribution in [2.45, 2.75) is 45.7 Å². The summed E-state index contributed by atoms with van der Waals surface area (Å²) in [4.78, 5) is 35.3. The van der Waals surface area contributed by atoms with Crippen molar-refractivity contribution in [3.05, 3.63) is 76.2 Å². The molecule has 3 heterocycles. The summed E-state index contributed by atoms with van der Waals surface area (Å²) in [6.07, 6.45) is 3.07. The molecule has 8 nitrogen and oxygen atoms in total. The number of ether oxygens (including phenoxy) is 1. The first kappa shape index (κ1) is 29.8. The molecule has 2 aliphatic heterocycles. The van der Waals surface area contributed by atoms with Gasteiger partial charge in [0.2, 0.25) is 5.88 Å².